The number of ether oxygens (including phenoxy) is 8. The van der Waals surface area contributed by atoms with Crippen molar-refractivity contribution in [2.45, 2.75) is 114 Å². The predicted molar refractivity (Wildman–Crippen MR) is 256 cm³/mol. The Morgan fingerprint density at radius 1 is 0.694 bits per heavy atom. The van der Waals surface area contributed by atoms with Gasteiger partial charge in [0.15, 0.2) is 41.5 Å². The molecule has 0 bridgehead atoms. The van der Waals surface area contributed by atoms with Crippen molar-refractivity contribution in [1.82, 2.24) is 25.6 Å². The number of hydrogen-bond acceptors (Lipinski definition) is 22. The SMILES string of the molecule is CC(C)C(=O)O[C@H]1[C@H](C)OC(=O)[C@@H](NC(=O)OC(C)(C)C)COC(=O)[C@@H]1CSc1ccccn1.COc1ccnc(C(=O)N[C@H]2COC(=O)[C@H](CSc3ccccn3)[C@@H](OC(=O)C(C)C)[C@H](C)OC2=O)c1O. The van der Waals surface area contributed by atoms with E-state index in [4.69, 9.17) is 37.9 Å². The Morgan fingerprint density at radius 2 is 1.15 bits per heavy atom. The van der Waals surface area contributed by atoms with E-state index in [1.807, 2.05) is 6.07 Å². The average molecular weight is 1040 g/mol. The summed E-state index contributed by atoms with van der Waals surface area (Å²) in [7, 11) is 1.30. The molecule has 8 atom stereocenters. The van der Waals surface area contributed by atoms with Crippen LogP contribution in [0.25, 0.3) is 0 Å². The lowest BCUT2D eigenvalue weighted by atomic mass is 10.00. The maximum Gasteiger partial charge on any atom is 0.408 e. The fourth-order valence-electron chi connectivity index (χ4n) is 6.35. The van der Waals surface area contributed by atoms with Gasteiger partial charge in [-0.2, -0.15) is 0 Å². The normalized spacial score (nSPS) is 22.7. The van der Waals surface area contributed by atoms with Crippen LogP contribution in [-0.4, -0.2) is 142 Å². The van der Waals surface area contributed by atoms with Crippen LogP contribution in [0.2, 0.25) is 0 Å². The Labute approximate surface area is 425 Å². The van der Waals surface area contributed by atoms with Crippen LogP contribution in [-0.2, 0) is 61.9 Å². The van der Waals surface area contributed by atoms with Crippen molar-refractivity contribution in [3.05, 3.63) is 66.7 Å². The number of methoxy groups -OCH3 is 1. The van der Waals surface area contributed by atoms with Crippen LogP contribution in [0, 0.1) is 23.7 Å². The van der Waals surface area contributed by atoms with E-state index in [1.165, 1.54) is 56.7 Å². The third kappa shape index (κ3) is 17.6. The van der Waals surface area contributed by atoms with Crippen molar-refractivity contribution in [2.24, 2.45) is 23.7 Å². The first-order chi connectivity index (χ1) is 34.0. The number of nitrogens with one attached hydrogen (secondary N) is 2. The van der Waals surface area contributed by atoms with Crippen LogP contribution in [0.1, 0.15) is 72.8 Å². The summed E-state index contributed by atoms with van der Waals surface area (Å²) in [6.45, 7) is 13.6. The van der Waals surface area contributed by atoms with E-state index in [1.54, 1.807) is 91.2 Å². The lowest BCUT2D eigenvalue weighted by Crippen LogP contribution is -2.48. The largest absolute Gasteiger partial charge is 0.503 e. The number of rotatable bonds is 14. The van der Waals surface area contributed by atoms with Gasteiger partial charge in [0.05, 0.1) is 29.0 Å². The Hall–Kier alpha value is -6.69. The second kappa shape index (κ2) is 27.2. The highest BCUT2D eigenvalue weighted by Crippen LogP contribution is 2.30. The molecule has 2 fully saturated rings. The molecule has 392 valence electrons. The summed E-state index contributed by atoms with van der Waals surface area (Å²) in [6, 6.07) is 9.31. The van der Waals surface area contributed by atoms with Gasteiger partial charge in [-0.05, 0) is 58.9 Å². The minimum Gasteiger partial charge on any atom is -0.503 e. The van der Waals surface area contributed by atoms with E-state index < -0.39 is 138 Å². The van der Waals surface area contributed by atoms with Gasteiger partial charge in [-0.1, -0.05) is 39.8 Å². The molecule has 72 heavy (non-hydrogen) atoms. The molecule has 2 aliphatic rings. The van der Waals surface area contributed by atoms with Crippen molar-refractivity contribution in [3.63, 3.8) is 0 Å². The first kappa shape index (κ1) is 57.9. The number of thioether (sulfide) groups is 2. The summed E-state index contributed by atoms with van der Waals surface area (Å²) in [6.07, 6.45) is -0.689. The average Bonchev–Trinajstić information content (AvgIpc) is 3.38. The summed E-state index contributed by atoms with van der Waals surface area (Å²) in [5.41, 5.74) is -1.19. The number of carbonyl (C=O) groups excluding carboxylic acids is 8. The molecule has 2 aliphatic heterocycles. The van der Waals surface area contributed by atoms with Crippen LogP contribution in [0.15, 0.2) is 71.1 Å². The van der Waals surface area contributed by atoms with Gasteiger partial charge < -0.3 is 53.6 Å². The van der Waals surface area contributed by atoms with E-state index in [9.17, 15) is 43.5 Å². The molecule has 5 rings (SSSR count). The molecule has 3 aromatic heterocycles. The lowest BCUT2D eigenvalue weighted by molar-refractivity contribution is -0.175. The van der Waals surface area contributed by atoms with Gasteiger partial charge in [-0.15, -0.1) is 23.5 Å². The zero-order valence-electron chi connectivity index (χ0n) is 41.5. The molecular weight excluding hydrogens is 983 g/mol. The fraction of sp³-hybridized carbons (Fsp3) is 0.521. The van der Waals surface area contributed by atoms with E-state index in [0.29, 0.717) is 10.1 Å². The summed E-state index contributed by atoms with van der Waals surface area (Å²) < 4.78 is 43.1. The number of esters is 6. The fourth-order valence-corrected chi connectivity index (χ4v) is 8.32. The highest BCUT2D eigenvalue weighted by molar-refractivity contribution is 7.99. The summed E-state index contributed by atoms with van der Waals surface area (Å²) >= 11 is 2.53. The van der Waals surface area contributed by atoms with Gasteiger partial charge in [-0.25, -0.2) is 29.3 Å². The Bertz CT molecular complexity index is 2350. The Morgan fingerprint density at radius 3 is 1.56 bits per heavy atom. The third-order valence-electron chi connectivity index (χ3n) is 10.1. The molecule has 22 nitrogen and oxygen atoms in total. The molecule has 2 saturated heterocycles. The number of alkyl carbamates (subject to hydrolysis) is 1. The molecule has 0 radical (unpaired) electrons. The first-order valence-electron chi connectivity index (χ1n) is 22.7. The van der Waals surface area contributed by atoms with Gasteiger partial charge in [-0.3, -0.25) is 24.0 Å². The molecular formula is C48H61N5O17S2. The number of pyridine rings is 3. The molecule has 2 amide bonds. The summed E-state index contributed by atoms with van der Waals surface area (Å²) in [5.74, 6) is -8.40. The second-order valence-corrected chi connectivity index (χ2v) is 19.8. The first-order valence-corrected chi connectivity index (χ1v) is 24.7. The molecule has 24 heteroatoms. The number of aromatic hydroxyl groups is 1. The van der Waals surface area contributed by atoms with Crippen molar-refractivity contribution >= 4 is 71.3 Å². The van der Waals surface area contributed by atoms with E-state index >= 15 is 0 Å². The lowest BCUT2D eigenvalue weighted by Gasteiger charge is -2.29. The summed E-state index contributed by atoms with van der Waals surface area (Å²) in [4.78, 5) is 114. The highest BCUT2D eigenvalue weighted by atomic mass is 32.2. The number of nitrogens with zero attached hydrogens (tertiary/aromatic N) is 3. The minimum atomic E-state index is -1.43. The molecule has 0 unspecified atom stereocenters. The zero-order valence-corrected chi connectivity index (χ0v) is 43.1. The molecule has 0 aromatic carbocycles. The Kier molecular flexibility index (Phi) is 21.9. The van der Waals surface area contributed by atoms with Crippen LogP contribution in [0.5, 0.6) is 11.5 Å². The second-order valence-electron chi connectivity index (χ2n) is 17.8. The maximum absolute atomic E-state index is 13.2. The third-order valence-corrected chi connectivity index (χ3v) is 12.3. The molecule has 0 aliphatic carbocycles. The van der Waals surface area contributed by atoms with Crippen LogP contribution >= 0.6 is 23.5 Å². The predicted octanol–water partition coefficient (Wildman–Crippen LogP) is 4.49. The number of aromatic nitrogens is 3. The van der Waals surface area contributed by atoms with Crippen molar-refractivity contribution < 1.29 is 81.4 Å². The van der Waals surface area contributed by atoms with Crippen LogP contribution < -0.4 is 15.4 Å². The Balaban J connectivity index is 0.000000315. The van der Waals surface area contributed by atoms with Crippen molar-refractivity contribution in [1.29, 1.82) is 0 Å². The minimum absolute atomic E-state index is 0.00491. The molecule has 3 aromatic rings. The molecule has 0 spiro atoms. The smallest absolute Gasteiger partial charge is 0.408 e. The van der Waals surface area contributed by atoms with Crippen molar-refractivity contribution in [3.8, 4) is 11.5 Å². The number of carbonyl (C=O) groups is 8. The van der Waals surface area contributed by atoms with Gasteiger partial charge in [0, 0.05) is 36.2 Å². The molecule has 3 N–H and O–H groups in total. The number of cyclic esters (lactones) is 4. The van der Waals surface area contributed by atoms with Crippen LogP contribution in [0.3, 0.4) is 0 Å². The van der Waals surface area contributed by atoms with Gasteiger partial charge in [0.25, 0.3) is 5.91 Å². The zero-order chi connectivity index (χ0) is 53.3. The van der Waals surface area contributed by atoms with E-state index in [2.05, 4.69) is 25.6 Å². The quantitative estimate of drug-likeness (QED) is 0.114. The van der Waals surface area contributed by atoms with Gasteiger partial charge in [0.1, 0.15) is 42.9 Å². The monoisotopic (exact) mass is 1040 g/mol. The van der Waals surface area contributed by atoms with Gasteiger partial charge in [0.2, 0.25) is 0 Å². The number of hydrogen-bond donors (Lipinski definition) is 3. The van der Waals surface area contributed by atoms with Gasteiger partial charge >= 0.3 is 41.9 Å². The topological polar surface area (TPSA) is 293 Å². The van der Waals surface area contributed by atoms with Crippen molar-refractivity contribution in [2.75, 3.05) is 31.8 Å². The summed E-state index contributed by atoms with van der Waals surface area (Å²) in [5, 5.41) is 16.3. The maximum atomic E-state index is 13.2. The van der Waals surface area contributed by atoms with E-state index in [0.717, 1.165) is 0 Å². The molecule has 0 saturated carbocycles. The van der Waals surface area contributed by atoms with E-state index in [-0.39, 0.29) is 17.3 Å². The van der Waals surface area contributed by atoms with Crippen LogP contribution in [0.4, 0.5) is 4.79 Å². The standard InChI is InChI=1S/C25H29N3O9S.C23H32N2O8S/c1-13(2)23(31)37-21-14(3)36-25(33)16(28-22(30)19-20(29)17(34-4)8-10-27-19)11-35-24(32)15(21)12-38-18-7-5-6-9-26-18;1-13(2)19(26)32-18-14(3)31-21(28)16(25-22(29)33-23(4,5)6)11-30-20(27)15(18)12-34-17-9-7-8-10-24-17/h5-10,13-16,21,29H,11-12H2,1-4H3,(H,28,30);7-10,13-16,18H,11-12H2,1-6H3,(H,25,29)/t14-,15+,16-,21-;14-,15+,16-,18-/m00/s1. The number of amides is 2. The molecule has 5 heterocycles. The highest BCUT2D eigenvalue weighted by Gasteiger charge is 2.44.